The molecule has 0 bridgehead atoms. The number of aromatic nitrogens is 1. The summed E-state index contributed by atoms with van der Waals surface area (Å²) in [6.07, 6.45) is 1.23. The highest BCUT2D eigenvalue weighted by Crippen LogP contribution is 2.29. The molecule has 0 unspecified atom stereocenters. The molecule has 0 fully saturated rings. The first-order valence-corrected chi connectivity index (χ1v) is 6.09. The van der Waals surface area contributed by atoms with Crippen LogP contribution in [0.3, 0.4) is 0 Å². The SMILES string of the molecule is CCCc1nc(-c2ccc(F)cc2Cl)oc1C(=O)O. The van der Waals surface area contributed by atoms with Gasteiger partial charge < -0.3 is 9.52 Å². The maximum absolute atomic E-state index is 13.0. The predicted octanol–water partition coefficient (Wildman–Crippen LogP) is 3.78. The molecule has 100 valence electrons. The number of benzene rings is 1. The molecule has 0 amide bonds. The molecule has 6 heteroatoms. The summed E-state index contributed by atoms with van der Waals surface area (Å²) in [6.45, 7) is 1.91. The fraction of sp³-hybridized carbons (Fsp3) is 0.231. The van der Waals surface area contributed by atoms with E-state index in [1.807, 2.05) is 6.92 Å². The fourth-order valence-electron chi connectivity index (χ4n) is 1.70. The summed E-state index contributed by atoms with van der Waals surface area (Å²) in [5, 5.41) is 9.17. The van der Waals surface area contributed by atoms with Crippen LogP contribution in [0.25, 0.3) is 11.5 Å². The Morgan fingerprint density at radius 2 is 2.26 bits per heavy atom. The first-order valence-electron chi connectivity index (χ1n) is 5.71. The number of hydrogen-bond acceptors (Lipinski definition) is 3. The molecule has 0 aliphatic rings. The number of aromatic carboxylic acids is 1. The number of carbonyl (C=O) groups is 1. The van der Waals surface area contributed by atoms with Gasteiger partial charge in [0.05, 0.1) is 16.3 Å². The van der Waals surface area contributed by atoms with Crippen LogP contribution in [-0.2, 0) is 6.42 Å². The summed E-state index contributed by atoms with van der Waals surface area (Å²) in [5.74, 6) is -1.77. The number of rotatable bonds is 4. The molecule has 2 rings (SSSR count). The van der Waals surface area contributed by atoms with Crippen LogP contribution in [0.4, 0.5) is 4.39 Å². The van der Waals surface area contributed by atoms with E-state index in [0.29, 0.717) is 17.7 Å². The number of carboxylic acid groups (broad SMARTS) is 1. The van der Waals surface area contributed by atoms with Gasteiger partial charge in [0.25, 0.3) is 0 Å². The molecule has 4 nitrogen and oxygen atoms in total. The molecule has 1 aromatic heterocycles. The molecule has 1 aromatic carbocycles. The van der Waals surface area contributed by atoms with E-state index in [1.165, 1.54) is 12.1 Å². The van der Waals surface area contributed by atoms with Crippen molar-refractivity contribution in [2.45, 2.75) is 19.8 Å². The van der Waals surface area contributed by atoms with Gasteiger partial charge in [-0.3, -0.25) is 0 Å². The van der Waals surface area contributed by atoms with E-state index in [-0.39, 0.29) is 16.7 Å². The number of nitrogens with zero attached hydrogens (tertiary/aromatic N) is 1. The van der Waals surface area contributed by atoms with Gasteiger partial charge >= 0.3 is 5.97 Å². The van der Waals surface area contributed by atoms with Gasteiger partial charge in [-0.2, -0.15) is 0 Å². The predicted molar refractivity (Wildman–Crippen MR) is 67.9 cm³/mol. The molecule has 1 N–H and O–H groups in total. The lowest BCUT2D eigenvalue weighted by Crippen LogP contribution is -1.99. The Morgan fingerprint density at radius 3 is 2.84 bits per heavy atom. The zero-order chi connectivity index (χ0) is 14.0. The second-order valence-corrected chi connectivity index (χ2v) is 4.38. The number of hydrogen-bond donors (Lipinski definition) is 1. The summed E-state index contributed by atoms with van der Waals surface area (Å²) in [7, 11) is 0. The quantitative estimate of drug-likeness (QED) is 0.927. The number of oxazole rings is 1. The van der Waals surface area contributed by atoms with Crippen molar-refractivity contribution in [3.8, 4) is 11.5 Å². The number of carboxylic acids is 1. The Labute approximate surface area is 113 Å². The van der Waals surface area contributed by atoms with Crippen molar-refractivity contribution < 1.29 is 18.7 Å². The molecule has 1 heterocycles. The smallest absolute Gasteiger partial charge is 0.373 e. The molecule has 0 atom stereocenters. The Kier molecular flexibility index (Phi) is 3.85. The van der Waals surface area contributed by atoms with Crippen LogP contribution in [0.2, 0.25) is 5.02 Å². The van der Waals surface area contributed by atoms with Crippen molar-refractivity contribution in [1.29, 1.82) is 0 Å². The lowest BCUT2D eigenvalue weighted by Gasteiger charge is -1.98. The molecular weight excluding hydrogens is 273 g/mol. The maximum atomic E-state index is 13.0. The second kappa shape index (κ2) is 5.40. The van der Waals surface area contributed by atoms with E-state index >= 15 is 0 Å². The summed E-state index contributed by atoms with van der Waals surface area (Å²) in [6, 6.07) is 3.75. The fourth-order valence-corrected chi connectivity index (χ4v) is 1.95. The Balaban J connectivity index is 2.50. The van der Waals surface area contributed by atoms with E-state index in [2.05, 4.69) is 4.98 Å². The van der Waals surface area contributed by atoms with Gasteiger partial charge in [-0.15, -0.1) is 0 Å². The van der Waals surface area contributed by atoms with Gasteiger partial charge in [-0.05, 0) is 24.6 Å². The molecule has 19 heavy (non-hydrogen) atoms. The third-order valence-electron chi connectivity index (χ3n) is 2.54. The molecular formula is C13H11ClFNO3. The van der Waals surface area contributed by atoms with Crippen LogP contribution in [0, 0.1) is 5.82 Å². The minimum Gasteiger partial charge on any atom is -0.475 e. The largest absolute Gasteiger partial charge is 0.475 e. The molecule has 0 aliphatic heterocycles. The normalized spacial score (nSPS) is 10.7. The lowest BCUT2D eigenvalue weighted by molar-refractivity contribution is 0.0661. The van der Waals surface area contributed by atoms with E-state index < -0.39 is 11.8 Å². The summed E-state index contributed by atoms with van der Waals surface area (Å²) >= 11 is 5.89. The highest BCUT2D eigenvalue weighted by Gasteiger charge is 2.21. The highest BCUT2D eigenvalue weighted by molar-refractivity contribution is 6.33. The molecule has 0 saturated carbocycles. The van der Waals surface area contributed by atoms with Gasteiger partial charge in [-0.1, -0.05) is 24.9 Å². The van der Waals surface area contributed by atoms with Crippen molar-refractivity contribution >= 4 is 17.6 Å². The van der Waals surface area contributed by atoms with Gasteiger partial charge in [0.2, 0.25) is 11.7 Å². The van der Waals surface area contributed by atoms with Crippen LogP contribution in [-0.4, -0.2) is 16.1 Å². The van der Waals surface area contributed by atoms with E-state index in [0.717, 1.165) is 12.5 Å². The van der Waals surface area contributed by atoms with Crippen molar-refractivity contribution in [1.82, 2.24) is 4.98 Å². The van der Waals surface area contributed by atoms with Crippen molar-refractivity contribution in [2.24, 2.45) is 0 Å². The molecule has 0 aliphatic carbocycles. The third-order valence-corrected chi connectivity index (χ3v) is 2.85. The Morgan fingerprint density at radius 1 is 1.53 bits per heavy atom. The highest BCUT2D eigenvalue weighted by atomic mass is 35.5. The minimum atomic E-state index is -1.18. The van der Waals surface area contributed by atoms with Gasteiger partial charge in [0.15, 0.2) is 0 Å². The van der Waals surface area contributed by atoms with Crippen LogP contribution >= 0.6 is 11.6 Å². The van der Waals surface area contributed by atoms with Gasteiger partial charge in [-0.25, -0.2) is 14.2 Å². The summed E-state index contributed by atoms with van der Waals surface area (Å²) in [4.78, 5) is 15.2. The first-order chi connectivity index (χ1) is 9.02. The molecule has 0 spiro atoms. The Bertz CT molecular complexity index is 624. The van der Waals surface area contributed by atoms with Crippen LogP contribution < -0.4 is 0 Å². The van der Waals surface area contributed by atoms with E-state index in [4.69, 9.17) is 21.1 Å². The average Bonchev–Trinajstić information content (AvgIpc) is 2.73. The van der Waals surface area contributed by atoms with Crippen molar-refractivity contribution in [2.75, 3.05) is 0 Å². The van der Waals surface area contributed by atoms with E-state index in [1.54, 1.807) is 0 Å². The van der Waals surface area contributed by atoms with Crippen LogP contribution in [0.5, 0.6) is 0 Å². The second-order valence-electron chi connectivity index (χ2n) is 3.97. The van der Waals surface area contributed by atoms with E-state index in [9.17, 15) is 9.18 Å². The van der Waals surface area contributed by atoms with Gasteiger partial charge in [0.1, 0.15) is 5.82 Å². The average molecular weight is 284 g/mol. The Hall–Kier alpha value is -1.88. The maximum Gasteiger partial charge on any atom is 0.373 e. The van der Waals surface area contributed by atoms with Crippen molar-refractivity contribution in [3.63, 3.8) is 0 Å². The monoisotopic (exact) mass is 283 g/mol. The standard InChI is InChI=1S/C13H11ClFNO3/c1-2-3-10-11(13(17)18)19-12(16-10)8-5-4-7(15)6-9(8)14/h4-6H,2-3H2,1H3,(H,17,18). The van der Waals surface area contributed by atoms with Crippen LogP contribution in [0.15, 0.2) is 22.6 Å². The number of aryl methyl sites for hydroxylation is 1. The van der Waals surface area contributed by atoms with Crippen molar-refractivity contribution in [3.05, 3.63) is 40.5 Å². The minimum absolute atomic E-state index is 0.0888. The summed E-state index contributed by atoms with van der Waals surface area (Å²) < 4.78 is 18.2. The van der Waals surface area contributed by atoms with Crippen LogP contribution in [0.1, 0.15) is 29.6 Å². The zero-order valence-electron chi connectivity index (χ0n) is 10.1. The van der Waals surface area contributed by atoms with Gasteiger partial charge in [0, 0.05) is 0 Å². The topological polar surface area (TPSA) is 63.3 Å². The lowest BCUT2D eigenvalue weighted by atomic mass is 10.2. The first kappa shape index (κ1) is 13.5. The molecule has 0 radical (unpaired) electrons. The zero-order valence-corrected chi connectivity index (χ0v) is 10.9. The third kappa shape index (κ3) is 2.76. The molecule has 2 aromatic rings. The number of halogens is 2. The molecule has 0 saturated heterocycles. The summed E-state index contributed by atoms with van der Waals surface area (Å²) in [5.41, 5.74) is 0.735.